The Bertz CT molecular complexity index is 1190. The lowest BCUT2D eigenvalue weighted by Gasteiger charge is -2.39. The SMILES string of the molecule is C=CC[C@H](NC(=O)OCc1ccccc1)c1cccc(N2C(=O)CN(C(=O)OC(C)(C)C)C[C@@H]2C(=O)OC)c1. The number of anilines is 1. The molecule has 0 spiro atoms. The number of carbonyl (C=O) groups excluding carboxylic acids is 4. The summed E-state index contributed by atoms with van der Waals surface area (Å²) in [6.07, 6.45) is 0.759. The molecule has 1 aliphatic heterocycles. The maximum atomic E-state index is 13.3. The standard InChI is InChI=1S/C29H35N3O7/c1-6-11-23(30-27(35)38-19-20-12-8-7-9-13-20)21-14-10-15-22(16-21)32-24(26(34)37-5)17-31(18-25(32)33)28(36)39-29(2,3)4/h6-10,12-16,23-24H,1,11,17-19H2,2-5H3,(H,30,35)/t23-,24+/m0/s1. The first kappa shape index (κ1) is 29.2. The zero-order chi connectivity index (χ0) is 28.6. The van der Waals surface area contributed by atoms with Crippen LogP contribution in [0.2, 0.25) is 0 Å². The topological polar surface area (TPSA) is 114 Å². The fourth-order valence-electron chi connectivity index (χ4n) is 4.12. The molecule has 10 nitrogen and oxygen atoms in total. The van der Waals surface area contributed by atoms with Crippen molar-refractivity contribution in [1.29, 1.82) is 0 Å². The first-order valence-electron chi connectivity index (χ1n) is 12.6. The van der Waals surface area contributed by atoms with Crippen LogP contribution in [0.3, 0.4) is 0 Å². The molecule has 1 aliphatic rings. The molecule has 2 aromatic rings. The van der Waals surface area contributed by atoms with Gasteiger partial charge in [0.2, 0.25) is 5.91 Å². The van der Waals surface area contributed by atoms with Crippen molar-refractivity contribution in [2.45, 2.75) is 51.5 Å². The minimum atomic E-state index is -1.08. The summed E-state index contributed by atoms with van der Waals surface area (Å²) >= 11 is 0. The van der Waals surface area contributed by atoms with Gasteiger partial charge in [-0.25, -0.2) is 14.4 Å². The second kappa shape index (κ2) is 12.9. The molecule has 208 valence electrons. The van der Waals surface area contributed by atoms with E-state index in [9.17, 15) is 19.2 Å². The minimum absolute atomic E-state index is 0.0995. The zero-order valence-electron chi connectivity index (χ0n) is 22.7. The largest absolute Gasteiger partial charge is 0.467 e. The van der Waals surface area contributed by atoms with Gasteiger partial charge in [-0.1, -0.05) is 48.5 Å². The molecule has 0 aromatic heterocycles. The van der Waals surface area contributed by atoms with E-state index in [-0.39, 0.29) is 19.7 Å². The lowest BCUT2D eigenvalue weighted by molar-refractivity contribution is -0.145. The van der Waals surface area contributed by atoms with E-state index in [1.807, 2.05) is 30.3 Å². The lowest BCUT2D eigenvalue weighted by atomic mass is 10.0. The molecular weight excluding hydrogens is 502 g/mol. The fourth-order valence-corrected chi connectivity index (χ4v) is 4.12. The first-order chi connectivity index (χ1) is 18.5. The summed E-state index contributed by atoms with van der Waals surface area (Å²) in [6.45, 7) is 8.68. The molecule has 1 saturated heterocycles. The van der Waals surface area contributed by atoms with Crippen molar-refractivity contribution in [2.24, 2.45) is 0 Å². The van der Waals surface area contributed by atoms with Gasteiger partial charge in [0.25, 0.3) is 0 Å². The van der Waals surface area contributed by atoms with Crippen LogP contribution in [-0.4, -0.2) is 60.8 Å². The lowest BCUT2D eigenvalue weighted by Crippen LogP contribution is -2.61. The van der Waals surface area contributed by atoms with Gasteiger partial charge in [-0.3, -0.25) is 14.6 Å². The summed E-state index contributed by atoms with van der Waals surface area (Å²) in [5.41, 5.74) is 1.19. The Morgan fingerprint density at radius 3 is 2.49 bits per heavy atom. The highest BCUT2D eigenvalue weighted by atomic mass is 16.6. The minimum Gasteiger partial charge on any atom is -0.467 e. The number of piperazine rings is 1. The summed E-state index contributed by atoms with van der Waals surface area (Å²) in [4.78, 5) is 53.7. The Kier molecular flexibility index (Phi) is 9.70. The quantitative estimate of drug-likeness (QED) is 0.302. The van der Waals surface area contributed by atoms with Crippen molar-refractivity contribution >= 4 is 29.8 Å². The van der Waals surface area contributed by atoms with Gasteiger partial charge >= 0.3 is 18.2 Å². The van der Waals surface area contributed by atoms with Gasteiger partial charge in [0.1, 0.15) is 18.8 Å². The van der Waals surface area contributed by atoms with Crippen LogP contribution < -0.4 is 10.2 Å². The molecule has 3 rings (SSSR count). The third kappa shape index (κ3) is 8.07. The number of methoxy groups -OCH3 is 1. The first-order valence-corrected chi connectivity index (χ1v) is 12.6. The molecule has 2 aromatic carbocycles. The Hall–Kier alpha value is -4.34. The van der Waals surface area contributed by atoms with Crippen LogP contribution in [-0.2, 0) is 30.4 Å². The molecule has 39 heavy (non-hydrogen) atoms. The van der Waals surface area contributed by atoms with Crippen LogP contribution in [0.25, 0.3) is 0 Å². The van der Waals surface area contributed by atoms with Gasteiger partial charge < -0.3 is 19.5 Å². The van der Waals surface area contributed by atoms with Crippen LogP contribution in [0.15, 0.2) is 67.3 Å². The van der Waals surface area contributed by atoms with E-state index in [0.717, 1.165) is 5.56 Å². The van der Waals surface area contributed by atoms with Crippen molar-refractivity contribution in [1.82, 2.24) is 10.2 Å². The fraction of sp³-hybridized carbons (Fsp3) is 0.379. The van der Waals surface area contributed by atoms with Gasteiger partial charge in [-0.2, -0.15) is 0 Å². The van der Waals surface area contributed by atoms with E-state index in [1.54, 1.807) is 51.1 Å². The van der Waals surface area contributed by atoms with Gasteiger partial charge in [0.05, 0.1) is 19.7 Å². The van der Waals surface area contributed by atoms with Crippen molar-refractivity contribution < 1.29 is 33.4 Å². The summed E-state index contributed by atoms with van der Waals surface area (Å²) < 4.78 is 15.7. The van der Waals surface area contributed by atoms with Crippen LogP contribution in [0.5, 0.6) is 0 Å². The number of nitrogens with zero attached hydrogens (tertiary/aromatic N) is 2. The third-order valence-electron chi connectivity index (χ3n) is 5.88. The molecule has 1 N–H and O–H groups in total. The Morgan fingerprint density at radius 1 is 1.13 bits per heavy atom. The number of benzene rings is 2. The van der Waals surface area contributed by atoms with Crippen LogP contribution >= 0.6 is 0 Å². The highest BCUT2D eigenvalue weighted by Crippen LogP contribution is 2.28. The van der Waals surface area contributed by atoms with E-state index < -0.39 is 41.7 Å². The van der Waals surface area contributed by atoms with Gasteiger partial charge in [-0.15, -0.1) is 6.58 Å². The molecule has 0 saturated carbocycles. The Labute approximate surface area is 228 Å². The van der Waals surface area contributed by atoms with Crippen LogP contribution in [0, 0.1) is 0 Å². The average molecular weight is 538 g/mol. The molecule has 2 atom stereocenters. The molecule has 0 aliphatic carbocycles. The number of nitrogens with one attached hydrogen (secondary N) is 1. The van der Waals surface area contributed by atoms with E-state index in [0.29, 0.717) is 17.7 Å². The van der Waals surface area contributed by atoms with Crippen LogP contribution in [0.1, 0.15) is 44.4 Å². The summed E-state index contributed by atoms with van der Waals surface area (Å²) in [5, 5.41) is 2.84. The molecule has 3 amide bonds. The molecule has 1 fully saturated rings. The number of alkyl carbamates (subject to hydrolysis) is 1. The van der Waals surface area contributed by atoms with Gasteiger partial charge in [0, 0.05) is 5.69 Å². The summed E-state index contributed by atoms with van der Waals surface area (Å²) in [6, 6.07) is 14.6. The monoisotopic (exact) mass is 537 g/mol. The number of rotatable bonds is 8. The highest BCUT2D eigenvalue weighted by Gasteiger charge is 2.41. The number of hydrogen-bond acceptors (Lipinski definition) is 7. The van der Waals surface area contributed by atoms with Crippen molar-refractivity contribution in [3.8, 4) is 0 Å². The molecule has 0 bridgehead atoms. The number of esters is 1. The van der Waals surface area contributed by atoms with Gasteiger partial charge in [-0.05, 0) is 50.5 Å². The molecule has 0 unspecified atom stereocenters. The smallest absolute Gasteiger partial charge is 0.410 e. The second-order valence-electron chi connectivity index (χ2n) is 10.0. The summed E-state index contributed by atoms with van der Waals surface area (Å²) in [7, 11) is 1.22. The number of amides is 3. The van der Waals surface area contributed by atoms with E-state index in [1.165, 1.54) is 16.9 Å². The Balaban J connectivity index is 1.80. The van der Waals surface area contributed by atoms with Crippen molar-refractivity contribution in [3.05, 3.63) is 78.4 Å². The van der Waals surface area contributed by atoms with Crippen LogP contribution in [0.4, 0.5) is 15.3 Å². The molecule has 1 heterocycles. The van der Waals surface area contributed by atoms with Crippen molar-refractivity contribution in [2.75, 3.05) is 25.1 Å². The number of ether oxygens (including phenoxy) is 3. The Morgan fingerprint density at radius 2 is 1.85 bits per heavy atom. The van der Waals surface area contributed by atoms with Crippen molar-refractivity contribution in [3.63, 3.8) is 0 Å². The molecule has 0 radical (unpaired) electrons. The van der Waals surface area contributed by atoms with E-state index >= 15 is 0 Å². The zero-order valence-corrected chi connectivity index (χ0v) is 22.7. The maximum absolute atomic E-state index is 13.3. The normalized spacial score (nSPS) is 16.2. The number of hydrogen-bond donors (Lipinski definition) is 1. The second-order valence-corrected chi connectivity index (χ2v) is 10.0. The average Bonchev–Trinajstić information content (AvgIpc) is 2.90. The van der Waals surface area contributed by atoms with E-state index in [4.69, 9.17) is 14.2 Å². The molecule has 10 heteroatoms. The maximum Gasteiger partial charge on any atom is 0.410 e. The highest BCUT2D eigenvalue weighted by molar-refractivity contribution is 6.03. The number of carbonyl (C=O) groups is 4. The van der Waals surface area contributed by atoms with E-state index in [2.05, 4.69) is 11.9 Å². The third-order valence-corrected chi connectivity index (χ3v) is 5.88. The molecular formula is C29H35N3O7. The predicted octanol–water partition coefficient (Wildman–Crippen LogP) is 4.36. The summed E-state index contributed by atoms with van der Waals surface area (Å²) in [5.74, 6) is -1.15. The van der Waals surface area contributed by atoms with Gasteiger partial charge in [0.15, 0.2) is 6.04 Å². The predicted molar refractivity (Wildman–Crippen MR) is 145 cm³/mol.